The van der Waals surface area contributed by atoms with E-state index in [1.165, 1.54) is 32.4 Å². The summed E-state index contributed by atoms with van der Waals surface area (Å²) < 4.78 is 29.2. The van der Waals surface area contributed by atoms with Gasteiger partial charge in [0.15, 0.2) is 11.5 Å². The molecule has 0 saturated heterocycles. The Kier molecular flexibility index (Phi) is 3.55. The molecule has 22 heavy (non-hydrogen) atoms. The van der Waals surface area contributed by atoms with Gasteiger partial charge in [-0.1, -0.05) is 12.1 Å². The van der Waals surface area contributed by atoms with Gasteiger partial charge in [0.2, 0.25) is 0 Å². The topological polar surface area (TPSA) is 48.7 Å². The van der Waals surface area contributed by atoms with Gasteiger partial charge in [0.1, 0.15) is 11.4 Å². The van der Waals surface area contributed by atoms with Crippen molar-refractivity contribution in [2.24, 2.45) is 0 Å². The number of fused-ring (bicyclic) bond motifs is 1. The molecule has 0 unspecified atom stereocenters. The lowest BCUT2D eigenvalue weighted by Gasteiger charge is -2.11. The zero-order valence-electron chi connectivity index (χ0n) is 12.1. The smallest absolute Gasteiger partial charge is 0.336 e. The van der Waals surface area contributed by atoms with Gasteiger partial charge in [-0.15, -0.1) is 0 Å². The number of hydrogen-bond acceptors (Lipinski definition) is 4. The minimum absolute atomic E-state index is 0.351. The SMILES string of the molecule is COc1cc2oc(=O)cc(-c3cccc(F)c3)c2cc1OC. The summed E-state index contributed by atoms with van der Waals surface area (Å²) in [5, 5.41) is 0.642. The van der Waals surface area contributed by atoms with Gasteiger partial charge < -0.3 is 13.9 Å². The molecule has 0 aliphatic carbocycles. The predicted octanol–water partition coefficient (Wildman–Crippen LogP) is 3.62. The fourth-order valence-corrected chi connectivity index (χ4v) is 2.38. The summed E-state index contributed by atoms with van der Waals surface area (Å²) >= 11 is 0. The zero-order chi connectivity index (χ0) is 15.7. The van der Waals surface area contributed by atoms with E-state index in [1.54, 1.807) is 24.3 Å². The summed E-state index contributed by atoms with van der Waals surface area (Å²) in [5.41, 5.74) is 1.00. The van der Waals surface area contributed by atoms with Crippen LogP contribution in [0.25, 0.3) is 22.1 Å². The second kappa shape index (κ2) is 5.52. The van der Waals surface area contributed by atoms with Crippen LogP contribution < -0.4 is 15.1 Å². The summed E-state index contributed by atoms with van der Waals surface area (Å²) in [5.74, 6) is 0.579. The number of benzene rings is 2. The average molecular weight is 300 g/mol. The number of methoxy groups -OCH3 is 2. The normalized spacial score (nSPS) is 10.7. The first-order valence-corrected chi connectivity index (χ1v) is 6.58. The van der Waals surface area contributed by atoms with E-state index in [0.29, 0.717) is 33.6 Å². The fraction of sp³-hybridized carbons (Fsp3) is 0.118. The first-order valence-electron chi connectivity index (χ1n) is 6.58. The molecule has 0 N–H and O–H groups in total. The second-order valence-electron chi connectivity index (χ2n) is 4.69. The Labute approximate surface area is 125 Å². The van der Waals surface area contributed by atoms with E-state index in [9.17, 15) is 9.18 Å². The Morgan fingerprint density at radius 1 is 1.00 bits per heavy atom. The van der Waals surface area contributed by atoms with E-state index < -0.39 is 5.63 Å². The summed E-state index contributed by atoms with van der Waals surface area (Å²) in [4.78, 5) is 11.8. The Balaban J connectivity index is 2.36. The van der Waals surface area contributed by atoms with Crippen molar-refractivity contribution in [3.8, 4) is 22.6 Å². The first-order chi connectivity index (χ1) is 10.6. The Morgan fingerprint density at radius 3 is 2.41 bits per heavy atom. The minimum Gasteiger partial charge on any atom is -0.493 e. The zero-order valence-corrected chi connectivity index (χ0v) is 12.1. The molecule has 5 heteroatoms. The van der Waals surface area contributed by atoms with Crippen molar-refractivity contribution in [1.29, 1.82) is 0 Å². The van der Waals surface area contributed by atoms with Crippen LogP contribution in [-0.4, -0.2) is 14.2 Å². The third kappa shape index (κ3) is 2.41. The summed E-state index contributed by atoms with van der Waals surface area (Å²) in [6.07, 6.45) is 0. The average Bonchev–Trinajstić information content (AvgIpc) is 2.52. The molecule has 0 saturated carbocycles. The molecule has 0 amide bonds. The highest BCUT2D eigenvalue weighted by Crippen LogP contribution is 2.36. The maximum absolute atomic E-state index is 13.5. The van der Waals surface area contributed by atoms with Crippen molar-refractivity contribution in [3.63, 3.8) is 0 Å². The molecule has 0 aliphatic heterocycles. The fourth-order valence-electron chi connectivity index (χ4n) is 2.38. The lowest BCUT2D eigenvalue weighted by molar-refractivity contribution is 0.355. The summed E-state index contributed by atoms with van der Waals surface area (Å²) in [6, 6.07) is 10.7. The molecule has 1 aromatic heterocycles. The molecule has 1 heterocycles. The summed E-state index contributed by atoms with van der Waals surface area (Å²) in [7, 11) is 3.02. The molecule has 3 aromatic rings. The molecule has 4 nitrogen and oxygen atoms in total. The highest BCUT2D eigenvalue weighted by molar-refractivity contribution is 5.95. The van der Waals surface area contributed by atoms with Crippen LogP contribution in [0.1, 0.15) is 0 Å². The number of hydrogen-bond donors (Lipinski definition) is 0. The second-order valence-corrected chi connectivity index (χ2v) is 4.69. The van der Waals surface area contributed by atoms with E-state index in [-0.39, 0.29) is 5.82 Å². The van der Waals surface area contributed by atoms with Gasteiger partial charge in [-0.3, -0.25) is 0 Å². The predicted molar refractivity (Wildman–Crippen MR) is 81.0 cm³/mol. The van der Waals surface area contributed by atoms with Gasteiger partial charge in [0.05, 0.1) is 14.2 Å². The van der Waals surface area contributed by atoms with Crippen LogP contribution in [0, 0.1) is 5.82 Å². The molecule has 0 spiro atoms. The summed E-state index contributed by atoms with van der Waals surface area (Å²) in [6.45, 7) is 0. The Morgan fingerprint density at radius 2 is 1.73 bits per heavy atom. The van der Waals surface area contributed by atoms with Crippen molar-refractivity contribution in [3.05, 3.63) is 58.7 Å². The van der Waals surface area contributed by atoms with Crippen molar-refractivity contribution < 1.29 is 18.3 Å². The van der Waals surface area contributed by atoms with E-state index in [1.807, 2.05) is 0 Å². The first kappa shape index (κ1) is 14.1. The van der Waals surface area contributed by atoms with Crippen LogP contribution in [0.2, 0.25) is 0 Å². The molecule has 0 atom stereocenters. The number of ether oxygens (including phenoxy) is 2. The van der Waals surface area contributed by atoms with Gasteiger partial charge in [-0.25, -0.2) is 9.18 Å². The van der Waals surface area contributed by atoms with Gasteiger partial charge >= 0.3 is 5.63 Å². The molecule has 2 aromatic carbocycles. The largest absolute Gasteiger partial charge is 0.493 e. The van der Waals surface area contributed by atoms with Crippen molar-refractivity contribution in [2.75, 3.05) is 14.2 Å². The van der Waals surface area contributed by atoms with E-state index in [4.69, 9.17) is 13.9 Å². The van der Waals surface area contributed by atoms with E-state index in [2.05, 4.69) is 0 Å². The monoisotopic (exact) mass is 300 g/mol. The van der Waals surface area contributed by atoms with Crippen molar-refractivity contribution in [1.82, 2.24) is 0 Å². The molecule has 3 rings (SSSR count). The van der Waals surface area contributed by atoms with Gasteiger partial charge in [0.25, 0.3) is 0 Å². The van der Waals surface area contributed by atoms with Crippen LogP contribution in [0.15, 0.2) is 51.7 Å². The standard InChI is InChI=1S/C17H13FO4/c1-20-15-7-13-12(10-4-3-5-11(18)6-10)8-17(19)22-14(13)9-16(15)21-2/h3-9H,1-2H3. The molecule has 0 radical (unpaired) electrons. The highest BCUT2D eigenvalue weighted by Gasteiger charge is 2.13. The number of rotatable bonds is 3. The van der Waals surface area contributed by atoms with Crippen LogP contribution in [0.4, 0.5) is 4.39 Å². The van der Waals surface area contributed by atoms with Gasteiger partial charge in [-0.2, -0.15) is 0 Å². The lowest BCUT2D eigenvalue weighted by Crippen LogP contribution is -1.99. The third-order valence-corrected chi connectivity index (χ3v) is 3.38. The minimum atomic E-state index is -0.515. The molecular formula is C17H13FO4. The lowest BCUT2D eigenvalue weighted by atomic mass is 10.0. The van der Waals surface area contributed by atoms with Crippen LogP contribution in [-0.2, 0) is 0 Å². The van der Waals surface area contributed by atoms with Crippen molar-refractivity contribution >= 4 is 11.0 Å². The van der Waals surface area contributed by atoms with E-state index >= 15 is 0 Å². The van der Waals surface area contributed by atoms with Crippen LogP contribution >= 0.6 is 0 Å². The van der Waals surface area contributed by atoms with Gasteiger partial charge in [0, 0.05) is 23.1 Å². The highest BCUT2D eigenvalue weighted by atomic mass is 19.1. The molecule has 0 fully saturated rings. The third-order valence-electron chi connectivity index (χ3n) is 3.38. The molecular weight excluding hydrogens is 287 g/mol. The molecule has 0 bridgehead atoms. The van der Waals surface area contributed by atoms with Crippen LogP contribution in [0.5, 0.6) is 11.5 Å². The van der Waals surface area contributed by atoms with Crippen LogP contribution in [0.3, 0.4) is 0 Å². The maximum Gasteiger partial charge on any atom is 0.336 e. The van der Waals surface area contributed by atoms with Crippen molar-refractivity contribution in [2.45, 2.75) is 0 Å². The Bertz CT molecular complexity index is 899. The Hall–Kier alpha value is -2.82. The molecule has 112 valence electrons. The van der Waals surface area contributed by atoms with E-state index in [0.717, 1.165) is 0 Å². The maximum atomic E-state index is 13.5. The number of halogens is 1. The van der Waals surface area contributed by atoms with Gasteiger partial charge in [-0.05, 0) is 23.8 Å². The molecule has 0 aliphatic rings. The quantitative estimate of drug-likeness (QED) is 0.693.